The molecular formula is C10H17O2P. The zero-order valence-electron chi connectivity index (χ0n) is 8.40. The molecule has 0 bridgehead atoms. The summed E-state index contributed by atoms with van der Waals surface area (Å²) in [5.74, 6) is 0. The molecule has 1 atom stereocenters. The number of hydrogen-bond acceptors (Lipinski definition) is 2. The predicted molar refractivity (Wildman–Crippen MR) is 58.2 cm³/mol. The molecule has 1 unspecified atom stereocenters. The van der Waals surface area contributed by atoms with Crippen molar-refractivity contribution in [1.29, 1.82) is 0 Å². The maximum absolute atomic E-state index is 9.36. The fraction of sp³-hybridized carbons (Fsp3) is 0.400. The summed E-state index contributed by atoms with van der Waals surface area (Å²) in [7, 11) is -1.38. The van der Waals surface area contributed by atoms with Gasteiger partial charge in [0.2, 0.25) is 8.38 Å². The topological polar surface area (TPSA) is 29.5 Å². The van der Waals surface area contributed by atoms with Crippen LogP contribution in [0.1, 0.15) is 20.8 Å². The molecule has 2 nitrogen and oxygen atoms in total. The van der Waals surface area contributed by atoms with E-state index in [-0.39, 0.29) is 0 Å². The third-order valence-corrected chi connectivity index (χ3v) is 2.47. The van der Waals surface area contributed by atoms with Gasteiger partial charge in [0.1, 0.15) is 0 Å². The molecule has 1 aromatic rings. The second kappa shape index (κ2) is 8.18. The summed E-state index contributed by atoms with van der Waals surface area (Å²) < 4.78 is 5.05. The van der Waals surface area contributed by atoms with Crippen LogP contribution in [0.2, 0.25) is 0 Å². The lowest BCUT2D eigenvalue weighted by Gasteiger charge is -2.07. The Labute approximate surface area is 81.5 Å². The van der Waals surface area contributed by atoms with Gasteiger partial charge in [-0.05, 0) is 19.1 Å². The normalized spacial score (nSPS) is 11.4. The first-order valence-corrected chi connectivity index (χ1v) is 5.73. The maximum Gasteiger partial charge on any atom is 0.202 e. The standard InChI is InChI=1S/C8H11O2P.C2H6/c1-2-10-11(9)8-6-4-3-5-7-8;1-2/h3-7,9H,2H2,1H3;1-2H3. The summed E-state index contributed by atoms with van der Waals surface area (Å²) in [6.45, 7) is 6.42. The SMILES string of the molecule is CC.CCOP(O)c1ccccc1. The molecule has 0 saturated carbocycles. The molecule has 0 aliphatic rings. The van der Waals surface area contributed by atoms with Crippen LogP contribution in [-0.4, -0.2) is 11.5 Å². The molecular weight excluding hydrogens is 183 g/mol. The molecule has 0 fully saturated rings. The Hall–Kier alpha value is -0.430. The van der Waals surface area contributed by atoms with Crippen molar-refractivity contribution in [2.75, 3.05) is 6.61 Å². The quantitative estimate of drug-likeness (QED) is 0.760. The van der Waals surface area contributed by atoms with Crippen LogP contribution in [0.15, 0.2) is 30.3 Å². The maximum atomic E-state index is 9.36. The van der Waals surface area contributed by atoms with Gasteiger partial charge in [0.25, 0.3) is 0 Å². The molecule has 0 spiro atoms. The Bertz CT molecular complexity index is 201. The van der Waals surface area contributed by atoms with Crippen molar-refractivity contribution in [3.63, 3.8) is 0 Å². The minimum Gasteiger partial charge on any atom is -0.346 e. The fourth-order valence-corrected chi connectivity index (χ4v) is 1.57. The first kappa shape index (κ1) is 12.6. The van der Waals surface area contributed by atoms with Crippen LogP contribution >= 0.6 is 8.38 Å². The molecule has 0 heterocycles. The third kappa shape index (κ3) is 4.99. The van der Waals surface area contributed by atoms with Crippen LogP contribution in [-0.2, 0) is 4.52 Å². The van der Waals surface area contributed by atoms with E-state index in [1.54, 1.807) is 0 Å². The first-order chi connectivity index (χ1) is 6.34. The van der Waals surface area contributed by atoms with Crippen molar-refractivity contribution in [1.82, 2.24) is 0 Å². The van der Waals surface area contributed by atoms with Crippen molar-refractivity contribution in [2.45, 2.75) is 20.8 Å². The predicted octanol–water partition coefficient (Wildman–Crippen LogP) is 2.68. The third-order valence-electron chi connectivity index (χ3n) is 1.23. The summed E-state index contributed by atoms with van der Waals surface area (Å²) in [6, 6.07) is 9.42. The Morgan fingerprint density at radius 2 is 1.77 bits per heavy atom. The molecule has 0 radical (unpaired) electrons. The summed E-state index contributed by atoms with van der Waals surface area (Å²) >= 11 is 0. The molecule has 0 saturated heterocycles. The van der Waals surface area contributed by atoms with E-state index in [9.17, 15) is 4.89 Å². The van der Waals surface area contributed by atoms with E-state index in [1.807, 2.05) is 51.1 Å². The van der Waals surface area contributed by atoms with E-state index in [1.165, 1.54) is 0 Å². The fourth-order valence-electron chi connectivity index (χ4n) is 0.752. The Morgan fingerprint density at radius 1 is 1.23 bits per heavy atom. The zero-order chi connectivity index (χ0) is 10.1. The lowest BCUT2D eigenvalue weighted by atomic mass is 10.4. The van der Waals surface area contributed by atoms with Crippen molar-refractivity contribution < 1.29 is 9.42 Å². The van der Waals surface area contributed by atoms with E-state index in [4.69, 9.17) is 4.52 Å². The lowest BCUT2D eigenvalue weighted by molar-refractivity contribution is 0.337. The molecule has 0 aromatic heterocycles. The van der Waals surface area contributed by atoms with Gasteiger partial charge in [-0.3, -0.25) is 0 Å². The number of benzene rings is 1. The highest BCUT2D eigenvalue weighted by molar-refractivity contribution is 7.55. The van der Waals surface area contributed by atoms with Gasteiger partial charge in [-0.1, -0.05) is 32.0 Å². The molecule has 3 heteroatoms. The van der Waals surface area contributed by atoms with Crippen molar-refractivity contribution in [2.24, 2.45) is 0 Å². The van der Waals surface area contributed by atoms with Crippen LogP contribution < -0.4 is 5.30 Å². The summed E-state index contributed by atoms with van der Waals surface area (Å²) in [5, 5.41) is 0.865. The van der Waals surface area contributed by atoms with E-state index >= 15 is 0 Å². The van der Waals surface area contributed by atoms with Crippen LogP contribution in [0, 0.1) is 0 Å². The second-order valence-corrected chi connectivity index (χ2v) is 3.35. The van der Waals surface area contributed by atoms with E-state index in [0.29, 0.717) is 6.61 Å². The molecule has 0 aliphatic heterocycles. The Balaban J connectivity index is 0.000000671. The highest BCUT2D eigenvalue weighted by Gasteiger charge is 2.05. The first-order valence-electron chi connectivity index (χ1n) is 4.51. The smallest absolute Gasteiger partial charge is 0.202 e. The summed E-state index contributed by atoms with van der Waals surface area (Å²) in [5.41, 5.74) is 0. The number of rotatable bonds is 3. The molecule has 13 heavy (non-hydrogen) atoms. The molecule has 1 aromatic carbocycles. The highest BCUT2D eigenvalue weighted by Crippen LogP contribution is 2.29. The van der Waals surface area contributed by atoms with Gasteiger partial charge in [-0.15, -0.1) is 0 Å². The Kier molecular flexibility index (Phi) is 7.91. The molecule has 0 amide bonds. The van der Waals surface area contributed by atoms with Crippen LogP contribution in [0.25, 0.3) is 0 Å². The van der Waals surface area contributed by atoms with Crippen LogP contribution in [0.3, 0.4) is 0 Å². The van der Waals surface area contributed by atoms with Gasteiger partial charge in [0.05, 0.1) is 6.61 Å². The zero-order valence-corrected chi connectivity index (χ0v) is 9.29. The summed E-state index contributed by atoms with van der Waals surface area (Å²) in [4.78, 5) is 9.36. The molecule has 1 rings (SSSR count). The van der Waals surface area contributed by atoms with Gasteiger partial charge in [0.15, 0.2) is 0 Å². The average molecular weight is 200 g/mol. The van der Waals surface area contributed by atoms with Crippen LogP contribution in [0.4, 0.5) is 0 Å². The average Bonchev–Trinajstić information content (AvgIpc) is 2.23. The molecule has 0 aliphatic carbocycles. The van der Waals surface area contributed by atoms with Gasteiger partial charge < -0.3 is 9.42 Å². The van der Waals surface area contributed by atoms with E-state index in [0.717, 1.165) is 5.30 Å². The molecule has 74 valence electrons. The van der Waals surface area contributed by atoms with Gasteiger partial charge in [-0.25, -0.2) is 0 Å². The van der Waals surface area contributed by atoms with Gasteiger partial charge in [-0.2, -0.15) is 0 Å². The van der Waals surface area contributed by atoms with Gasteiger partial charge in [0, 0.05) is 5.30 Å². The minimum atomic E-state index is -1.38. The minimum absolute atomic E-state index is 0.553. The van der Waals surface area contributed by atoms with Crippen LogP contribution in [0.5, 0.6) is 0 Å². The lowest BCUT2D eigenvalue weighted by Crippen LogP contribution is -2.00. The molecule has 1 N–H and O–H groups in total. The monoisotopic (exact) mass is 200 g/mol. The van der Waals surface area contributed by atoms with Crippen molar-refractivity contribution in [3.8, 4) is 0 Å². The van der Waals surface area contributed by atoms with E-state index in [2.05, 4.69) is 0 Å². The van der Waals surface area contributed by atoms with Gasteiger partial charge >= 0.3 is 0 Å². The number of hydrogen-bond donors (Lipinski definition) is 1. The van der Waals surface area contributed by atoms with Crippen molar-refractivity contribution >= 4 is 13.7 Å². The van der Waals surface area contributed by atoms with Crippen molar-refractivity contribution in [3.05, 3.63) is 30.3 Å². The largest absolute Gasteiger partial charge is 0.346 e. The Morgan fingerprint density at radius 3 is 2.23 bits per heavy atom. The summed E-state index contributed by atoms with van der Waals surface area (Å²) in [6.07, 6.45) is 0. The second-order valence-electron chi connectivity index (χ2n) is 2.03. The van der Waals surface area contributed by atoms with E-state index < -0.39 is 8.38 Å². The highest BCUT2D eigenvalue weighted by atomic mass is 31.2.